The highest BCUT2D eigenvalue weighted by atomic mass is 35.5. The predicted molar refractivity (Wildman–Crippen MR) is 81.8 cm³/mol. The van der Waals surface area contributed by atoms with E-state index < -0.39 is 11.7 Å². The summed E-state index contributed by atoms with van der Waals surface area (Å²) < 4.78 is 0. The van der Waals surface area contributed by atoms with Crippen molar-refractivity contribution in [2.24, 2.45) is 16.9 Å². The monoisotopic (exact) mass is 318 g/mol. The van der Waals surface area contributed by atoms with Crippen LogP contribution in [0.3, 0.4) is 0 Å². The van der Waals surface area contributed by atoms with E-state index in [1.807, 2.05) is 0 Å². The molecule has 0 aliphatic heterocycles. The van der Waals surface area contributed by atoms with Gasteiger partial charge in [0.2, 0.25) is 11.6 Å². The van der Waals surface area contributed by atoms with Crippen molar-refractivity contribution in [1.82, 2.24) is 5.43 Å². The number of benzene rings is 1. The molecule has 2 unspecified atom stereocenters. The maximum Gasteiger partial charge on any atom is 0.272 e. The number of hydrogen-bond donors (Lipinski definition) is 1. The second-order valence-electron chi connectivity index (χ2n) is 5.61. The summed E-state index contributed by atoms with van der Waals surface area (Å²) in [6.45, 7) is 0. The van der Waals surface area contributed by atoms with Gasteiger partial charge in [0.25, 0.3) is 5.91 Å². The molecule has 0 aromatic heterocycles. The SMILES string of the molecule is O=C1C(=O)C2CCCCC2C1=NNC(=O)c1ccccc1Cl. The summed E-state index contributed by atoms with van der Waals surface area (Å²) in [5.41, 5.74) is 2.83. The molecule has 6 heteroatoms. The number of hydrazone groups is 1. The van der Waals surface area contributed by atoms with Crippen LogP contribution < -0.4 is 5.43 Å². The molecule has 0 spiro atoms. The number of ketones is 2. The first-order valence-electron chi connectivity index (χ1n) is 7.30. The third kappa shape index (κ3) is 2.57. The van der Waals surface area contributed by atoms with E-state index in [1.165, 1.54) is 0 Å². The molecule has 1 amide bonds. The zero-order valence-electron chi connectivity index (χ0n) is 11.8. The molecule has 0 heterocycles. The van der Waals surface area contributed by atoms with E-state index in [2.05, 4.69) is 10.5 Å². The van der Waals surface area contributed by atoms with Crippen LogP contribution >= 0.6 is 11.6 Å². The van der Waals surface area contributed by atoms with E-state index in [4.69, 9.17) is 11.6 Å². The van der Waals surface area contributed by atoms with E-state index in [9.17, 15) is 14.4 Å². The third-order valence-electron chi connectivity index (χ3n) is 4.31. The highest BCUT2D eigenvalue weighted by Crippen LogP contribution is 2.36. The Morgan fingerprint density at radius 2 is 1.82 bits per heavy atom. The predicted octanol–water partition coefficient (Wildman–Crippen LogP) is 2.38. The molecule has 2 aliphatic carbocycles. The standard InChI is InChI=1S/C16H15ClN2O3/c17-12-8-4-3-7-11(12)16(22)19-18-13-9-5-1-2-6-10(9)14(20)15(13)21/h3-4,7-10H,1-2,5-6H2,(H,19,22). The molecular weight excluding hydrogens is 304 g/mol. The van der Waals surface area contributed by atoms with Gasteiger partial charge in [-0.05, 0) is 25.0 Å². The van der Waals surface area contributed by atoms with Crippen LogP contribution in [0, 0.1) is 11.8 Å². The number of rotatable bonds is 2. The average molecular weight is 319 g/mol. The van der Waals surface area contributed by atoms with Crippen molar-refractivity contribution in [3.63, 3.8) is 0 Å². The fourth-order valence-corrected chi connectivity index (χ4v) is 3.41. The zero-order chi connectivity index (χ0) is 15.7. The molecule has 1 aromatic rings. The Morgan fingerprint density at radius 1 is 1.14 bits per heavy atom. The number of nitrogens with zero attached hydrogens (tertiary/aromatic N) is 1. The highest BCUT2D eigenvalue weighted by Gasteiger charge is 2.47. The van der Waals surface area contributed by atoms with Crippen molar-refractivity contribution < 1.29 is 14.4 Å². The lowest BCUT2D eigenvalue weighted by molar-refractivity contribution is -0.134. The van der Waals surface area contributed by atoms with Crippen molar-refractivity contribution in [1.29, 1.82) is 0 Å². The van der Waals surface area contributed by atoms with E-state index in [-0.39, 0.29) is 28.9 Å². The molecule has 5 nitrogen and oxygen atoms in total. The maximum absolute atomic E-state index is 12.1. The Kier molecular flexibility index (Phi) is 4.07. The molecule has 0 saturated heterocycles. The molecule has 2 aliphatic rings. The first kappa shape index (κ1) is 14.9. The molecule has 1 aromatic carbocycles. The second-order valence-corrected chi connectivity index (χ2v) is 6.02. The van der Waals surface area contributed by atoms with Gasteiger partial charge in [-0.1, -0.05) is 36.6 Å². The Bertz CT molecular complexity index is 684. The van der Waals surface area contributed by atoms with E-state index in [0.717, 1.165) is 25.7 Å². The summed E-state index contributed by atoms with van der Waals surface area (Å²) >= 11 is 5.95. The quantitative estimate of drug-likeness (QED) is 0.672. The van der Waals surface area contributed by atoms with Gasteiger partial charge in [0.15, 0.2) is 0 Å². The molecular formula is C16H15ClN2O3. The fraction of sp³-hybridized carbons (Fsp3) is 0.375. The summed E-state index contributed by atoms with van der Waals surface area (Å²) in [5, 5.41) is 4.25. The fourth-order valence-electron chi connectivity index (χ4n) is 3.19. The number of hydrogen-bond acceptors (Lipinski definition) is 4. The number of fused-ring (bicyclic) bond motifs is 1. The Labute approximate surface area is 132 Å². The van der Waals surface area contributed by atoms with E-state index in [1.54, 1.807) is 24.3 Å². The molecule has 3 rings (SSSR count). The van der Waals surface area contributed by atoms with Gasteiger partial charge in [0.05, 0.1) is 10.6 Å². The number of halogens is 1. The van der Waals surface area contributed by atoms with Crippen molar-refractivity contribution in [3.05, 3.63) is 34.9 Å². The summed E-state index contributed by atoms with van der Waals surface area (Å²) in [6.07, 6.45) is 3.42. The lowest BCUT2D eigenvalue weighted by Crippen LogP contribution is -2.26. The molecule has 2 saturated carbocycles. The first-order chi connectivity index (χ1) is 10.6. The van der Waals surface area contributed by atoms with Crippen molar-refractivity contribution in [3.8, 4) is 0 Å². The number of nitrogens with one attached hydrogen (secondary N) is 1. The molecule has 2 fully saturated rings. The van der Waals surface area contributed by atoms with Gasteiger partial charge in [0.1, 0.15) is 5.71 Å². The van der Waals surface area contributed by atoms with Crippen LogP contribution in [0.2, 0.25) is 5.02 Å². The van der Waals surface area contributed by atoms with Gasteiger partial charge in [-0.15, -0.1) is 0 Å². The lowest BCUT2D eigenvalue weighted by atomic mass is 9.81. The summed E-state index contributed by atoms with van der Waals surface area (Å²) in [7, 11) is 0. The number of amides is 1. The number of Topliss-reactive ketones (excluding diaryl/α,β-unsaturated/α-hetero) is 2. The smallest absolute Gasteiger partial charge is 0.272 e. The second kappa shape index (κ2) is 6.01. The Balaban J connectivity index is 1.80. The van der Waals surface area contributed by atoms with Crippen molar-refractivity contribution in [2.75, 3.05) is 0 Å². The average Bonchev–Trinajstić information content (AvgIpc) is 2.77. The minimum Gasteiger partial charge on any atom is -0.290 e. The molecule has 2 atom stereocenters. The van der Waals surface area contributed by atoms with Gasteiger partial charge in [-0.3, -0.25) is 14.4 Å². The topological polar surface area (TPSA) is 75.6 Å². The van der Waals surface area contributed by atoms with Crippen LogP contribution in [0.4, 0.5) is 0 Å². The minimum absolute atomic E-state index is 0.153. The maximum atomic E-state index is 12.1. The van der Waals surface area contributed by atoms with Gasteiger partial charge >= 0.3 is 0 Å². The summed E-state index contributed by atoms with van der Waals surface area (Å²) in [6, 6.07) is 6.58. The van der Waals surface area contributed by atoms with Crippen molar-refractivity contribution in [2.45, 2.75) is 25.7 Å². The van der Waals surface area contributed by atoms with Crippen LogP contribution in [0.15, 0.2) is 29.4 Å². The van der Waals surface area contributed by atoms with Crippen molar-refractivity contribution >= 4 is 34.8 Å². The van der Waals surface area contributed by atoms with Crippen LogP contribution in [-0.2, 0) is 9.59 Å². The first-order valence-corrected chi connectivity index (χ1v) is 7.68. The summed E-state index contributed by atoms with van der Waals surface area (Å²) in [4.78, 5) is 36.1. The Hall–Kier alpha value is -2.01. The molecule has 1 N–H and O–H groups in total. The molecule has 114 valence electrons. The van der Waals surface area contributed by atoms with Crippen LogP contribution in [-0.4, -0.2) is 23.2 Å². The van der Waals surface area contributed by atoms with E-state index >= 15 is 0 Å². The normalized spacial score (nSPS) is 26.1. The van der Waals surface area contributed by atoms with E-state index in [0.29, 0.717) is 5.02 Å². The third-order valence-corrected chi connectivity index (χ3v) is 4.64. The van der Waals surface area contributed by atoms with Crippen LogP contribution in [0.1, 0.15) is 36.0 Å². The summed E-state index contributed by atoms with van der Waals surface area (Å²) in [5.74, 6) is -1.82. The number of carbonyl (C=O) groups excluding carboxylic acids is 3. The van der Waals surface area contributed by atoms with Crippen LogP contribution in [0.5, 0.6) is 0 Å². The largest absolute Gasteiger partial charge is 0.290 e. The minimum atomic E-state index is -0.559. The van der Waals surface area contributed by atoms with Gasteiger partial charge < -0.3 is 0 Å². The molecule has 0 radical (unpaired) electrons. The van der Waals surface area contributed by atoms with Gasteiger partial charge in [-0.2, -0.15) is 5.10 Å². The molecule has 22 heavy (non-hydrogen) atoms. The van der Waals surface area contributed by atoms with Crippen LogP contribution in [0.25, 0.3) is 0 Å². The van der Waals surface area contributed by atoms with Gasteiger partial charge in [-0.25, -0.2) is 5.43 Å². The highest BCUT2D eigenvalue weighted by molar-refractivity contribution is 6.69. The zero-order valence-corrected chi connectivity index (χ0v) is 12.6. The number of carbonyl (C=O) groups is 3. The lowest BCUT2D eigenvalue weighted by Gasteiger charge is -2.22. The van der Waals surface area contributed by atoms with Gasteiger partial charge in [0, 0.05) is 11.8 Å². The Morgan fingerprint density at radius 3 is 2.55 bits per heavy atom. The molecule has 0 bridgehead atoms.